The van der Waals surface area contributed by atoms with Crippen molar-refractivity contribution in [3.8, 4) is 0 Å². The van der Waals surface area contributed by atoms with Crippen LogP contribution in [-0.4, -0.2) is 34.7 Å². The van der Waals surface area contributed by atoms with Crippen molar-refractivity contribution in [2.45, 2.75) is 44.2 Å². The number of rotatable bonds is 4. The van der Waals surface area contributed by atoms with Crippen LogP contribution in [0.1, 0.15) is 42.5 Å². The fourth-order valence-electron chi connectivity index (χ4n) is 4.21. The number of carbonyl (C=O) groups excluding carboxylic acids is 3. The number of halogens is 2. The van der Waals surface area contributed by atoms with E-state index in [1.165, 1.54) is 23.1 Å². The summed E-state index contributed by atoms with van der Waals surface area (Å²) in [5.74, 6) is -1.91. The summed E-state index contributed by atoms with van der Waals surface area (Å²) >= 11 is 2.15. The average Bonchev–Trinajstić information content (AvgIpc) is 3.32. The first-order valence-corrected chi connectivity index (χ1v) is 10.7. The summed E-state index contributed by atoms with van der Waals surface area (Å²) in [4.78, 5) is 41.9. The quantitative estimate of drug-likeness (QED) is 0.463. The van der Waals surface area contributed by atoms with Gasteiger partial charge in [0.25, 0.3) is 11.8 Å². The molecule has 1 atom stereocenters. The third-order valence-corrected chi connectivity index (χ3v) is 6.32. The maximum absolute atomic E-state index is 14.3. The van der Waals surface area contributed by atoms with E-state index in [0.29, 0.717) is 5.69 Å². The van der Waals surface area contributed by atoms with Crippen LogP contribution in [0, 0.1) is 9.39 Å². The number of nitrogens with zero attached hydrogens (tertiary/aromatic N) is 2. The molecular weight excluding hydrogens is 486 g/mol. The Hall–Kier alpha value is -2.29. The highest BCUT2D eigenvalue weighted by atomic mass is 127. The van der Waals surface area contributed by atoms with Crippen LogP contribution in [0.25, 0.3) is 0 Å². The van der Waals surface area contributed by atoms with Gasteiger partial charge in [-0.2, -0.15) is 0 Å². The molecule has 1 saturated carbocycles. The molecule has 1 heterocycles. The molecule has 2 fully saturated rings. The van der Waals surface area contributed by atoms with Gasteiger partial charge in [-0.25, -0.2) is 9.29 Å². The van der Waals surface area contributed by atoms with Crippen LogP contribution in [0.2, 0.25) is 0 Å². The van der Waals surface area contributed by atoms with Crippen LogP contribution >= 0.6 is 22.6 Å². The van der Waals surface area contributed by atoms with Crippen LogP contribution in [-0.2, 0) is 9.59 Å². The van der Waals surface area contributed by atoms with Crippen molar-refractivity contribution in [2.24, 2.45) is 0 Å². The molecule has 2 aliphatic rings. The van der Waals surface area contributed by atoms with Crippen LogP contribution in [0.15, 0.2) is 48.5 Å². The number of imide groups is 1. The zero-order chi connectivity index (χ0) is 20.5. The maximum atomic E-state index is 14.3. The molecule has 1 aliphatic heterocycles. The summed E-state index contributed by atoms with van der Waals surface area (Å²) in [5.41, 5.74) is 0.431. The Morgan fingerprint density at radius 1 is 1.03 bits per heavy atom. The minimum Gasteiger partial charge on any atom is -0.323 e. The van der Waals surface area contributed by atoms with Gasteiger partial charge in [0.1, 0.15) is 11.9 Å². The lowest BCUT2D eigenvalue weighted by atomic mass is 10.1. The average molecular weight is 506 g/mol. The highest BCUT2D eigenvalue weighted by molar-refractivity contribution is 14.1. The molecule has 1 saturated heterocycles. The van der Waals surface area contributed by atoms with Gasteiger partial charge in [-0.3, -0.25) is 14.4 Å². The van der Waals surface area contributed by atoms with E-state index in [2.05, 4.69) is 22.6 Å². The van der Waals surface area contributed by atoms with Crippen LogP contribution in [0.3, 0.4) is 0 Å². The Kier molecular flexibility index (Phi) is 5.67. The van der Waals surface area contributed by atoms with Gasteiger partial charge >= 0.3 is 0 Å². The molecule has 0 bridgehead atoms. The predicted octanol–water partition coefficient (Wildman–Crippen LogP) is 4.15. The van der Waals surface area contributed by atoms with Crippen molar-refractivity contribution in [3.05, 3.63) is 63.5 Å². The molecule has 1 aliphatic carbocycles. The molecule has 29 heavy (non-hydrogen) atoms. The number of anilines is 1. The monoisotopic (exact) mass is 506 g/mol. The van der Waals surface area contributed by atoms with Crippen molar-refractivity contribution in [2.75, 3.05) is 4.90 Å². The molecule has 0 aromatic heterocycles. The molecule has 7 heteroatoms. The topological polar surface area (TPSA) is 57.7 Å². The summed E-state index contributed by atoms with van der Waals surface area (Å²) in [6.07, 6.45) is 3.31. The predicted molar refractivity (Wildman–Crippen MR) is 115 cm³/mol. The van der Waals surface area contributed by atoms with Crippen LogP contribution in [0.4, 0.5) is 10.1 Å². The van der Waals surface area contributed by atoms with E-state index in [0.717, 1.165) is 34.2 Å². The summed E-state index contributed by atoms with van der Waals surface area (Å²) < 4.78 is 15.3. The summed E-state index contributed by atoms with van der Waals surface area (Å²) in [6, 6.07) is 11.8. The van der Waals surface area contributed by atoms with E-state index in [1.807, 2.05) is 12.1 Å². The van der Waals surface area contributed by atoms with E-state index < -0.39 is 23.7 Å². The minimum atomic E-state index is -0.906. The smallest absolute Gasteiger partial charge is 0.257 e. The first-order valence-electron chi connectivity index (χ1n) is 9.67. The Labute approximate surface area is 182 Å². The van der Waals surface area contributed by atoms with Crippen molar-refractivity contribution in [1.29, 1.82) is 0 Å². The van der Waals surface area contributed by atoms with Gasteiger partial charge in [0.15, 0.2) is 0 Å². The highest BCUT2D eigenvalue weighted by Gasteiger charge is 2.47. The first-order chi connectivity index (χ1) is 14.0. The highest BCUT2D eigenvalue weighted by Crippen LogP contribution is 2.33. The van der Waals surface area contributed by atoms with Crippen molar-refractivity contribution in [1.82, 2.24) is 4.90 Å². The number of carbonyl (C=O) groups is 3. The van der Waals surface area contributed by atoms with E-state index in [4.69, 9.17) is 0 Å². The number of amides is 3. The lowest BCUT2D eigenvalue weighted by Gasteiger charge is -2.33. The van der Waals surface area contributed by atoms with Gasteiger partial charge < -0.3 is 4.90 Å². The lowest BCUT2D eigenvalue weighted by molar-refractivity contribution is -0.123. The number of hydrogen-bond donors (Lipinski definition) is 0. The largest absolute Gasteiger partial charge is 0.323 e. The fraction of sp³-hybridized carbons (Fsp3) is 0.318. The second-order valence-corrected chi connectivity index (χ2v) is 8.64. The van der Waals surface area contributed by atoms with Crippen LogP contribution in [0.5, 0.6) is 0 Å². The Balaban J connectivity index is 1.69. The van der Waals surface area contributed by atoms with Gasteiger partial charge in [0.05, 0.1) is 17.7 Å². The Morgan fingerprint density at radius 3 is 2.34 bits per heavy atom. The Bertz CT molecular complexity index is 957. The Morgan fingerprint density at radius 2 is 1.69 bits per heavy atom. The normalized spacial score (nSPS) is 19.8. The zero-order valence-corrected chi connectivity index (χ0v) is 17.8. The second kappa shape index (κ2) is 8.22. The van der Waals surface area contributed by atoms with E-state index in [-0.39, 0.29) is 23.9 Å². The standard InChI is InChI=1S/C22H20FIN2O3/c23-18-8-4-3-7-17(18)21(28)25(15-5-1-2-6-15)19-13-20(27)26(22(19)29)16-11-9-14(24)10-12-16/h3-4,7-12,15,19H,1-2,5-6,13H2. The van der Waals surface area contributed by atoms with Crippen molar-refractivity contribution < 1.29 is 18.8 Å². The summed E-state index contributed by atoms with van der Waals surface area (Å²) in [5, 5.41) is 0. The number of benzene rings is 2. The van der Waals surface area contributed by atoms with Gasteiger partial charge in [-0.05, 0) is 71.8 Å². The number of hydrogen-bond acceptors (Lipinski definition) is 3. The molecule has 0 radical (unpaired) electrons. The molecule has 150 valence electrons. The van der Waals surface area contributed by atoms with E-state index in [1.54, 1.807) is 18.2 Å². The molecule has 5 nitrogen and oxygen atoms in total. The van der Waals surface area contributed by atoms with Gasteiger partial charge in [-0.1, -0.05) is 25.0 Å². The molecule has 4 rings (SSSR count). The summed E-state index contributed by atoms with van der Waals surface area (Å²) in [7, 11) is 0. The molecule has 0 spiro atoms. The third kappa shape index (κ3) is 3.80. The molecule has 3 amide bonds. The molecule has 1 unspecified atom stereocenters. The summed E-state index contributed by atoms with van der Waals surface area (Å²) in [6.45, 7) is 0. The molecule has 2 aromatic rings. The molecule has 2 aromatic carbocycles. The molecule has 0 N–H and O–H groups in total. The van der Waals surface area contributed by atoms with Gasteiger partial charge in [0, 0.05) is 9.61 Å². The van der Waals surface area contributed by atoms with Crippen molar-refractivity contribution >= 4 is 46.0 Å². The maximum Gasteiger partial charge on any atom is 0.257 e. The SMILES string of the molecule is O=C1CC(N(C(=O)c2ccccc2F)C2CCCC2)C(=O)N1c1ccc(I)cc1. The molecular formula is C22H20FIN2O3. The second-order valence-electron chi connectivity index (χ2n) is 7.39. The van der Waals surface area contributed by atoms with Gasteiger partial charge in [0.2, 0.25) is 5.91 Å². The van der Waals surface area contributed by atoms with E-state index in [9.17, 15) is 18.8 Å². The van der Waals surface area contributed by atoms with Crippen LogP contribution < -0.4 is 4.90 Å². The third-order valence-electron chi connectivity index (χ3n) is 5.60. The zero-order valence-electron chi connectivity index (χ0n) is 15.7. The lowest BCUT2D eigenvalue weighted by Crippen LogP contribution is -2.50. The fourth-order valence-corrected chi connectivity index (χ4v) is 4.57. The van der Waals surface area contributed by atoms with Gasteiger partial charge in [-0.15, -0.1) is 0 Å². The van der Waals surface area contributed by atoms with E-state index >= 15 is 0 Å². The first kappa shape index (κ1) is 20.0. The van der Waals surface area contributed by atoms with Crippen molar-refractivity contribution in [3.63, 3.8) is 0 Å². The minimum absolute atomic E-state index is 0.0626.